The summed E-state index contributed by atoms with van der Waals surface area (Å²) in [5, 5.41) is 7.59. The second-order valence-electron chi connectivity index (χ2n) is 3.81. The number of benzene rings is 1. The van der Waals surface area contributed by atoms with E-state index in [2.05, 4.69) is 10.6 Å². The maximum Gasteiger partial charge on any atom is 0.267 e. The standard InChI is InChI=1S/C13H11ClN2O2S/c1-8(17)15-9-2-4-10(5-3-9)16-13(18)12-11(14)6-7-19-12/h2-7H,1H3,(H,15,17)(H,16,18). The van der Waals surface area contributed by atoms with Gasteiger partial charge in [-0.2, -0.15) is 0 Å². The van der Waals surface area contributed by atoms with Crippen LogP contribution in [0.4, 0.5) is 11.4 Å². The number of hydrogen-bond donors (Lipinski definition) is 2. The number of anilines is 2. The number of amides is 2. The third-order valence-corrected chi connectivity index (χ3v) is 3.63. The lowest BCUT2D eigenvalue weighted by Gasteiger charge is -2.06. The molecule has 0 bridgehead atoms. The van der Waals surface area contributed by atoms with Crippen LogP contribution in [0.5, 0.6) is 0 Å². The number of nitrogens with one attached hydrogen (secondary N) is 2. The molecule has 0 saturated heterocycles. The summed E-state index contributed by atoms with van der Waals surface area (Å²) in [6.07, 6.45) is 0. The van der Waals surface area contributed by atoms with Crippen LogP contribution in [0.3, 0.4) is 0 Å². The molecule has 4 nitrogen and oxygen atoms in total. The Balaban J connectivity index is 2.06. The van der Waals surface area contributed by atoms with Gasteiger partial charge in [0.2, 0.25) is 5.91 Å². The minimum atomic E-state index is -0.243. The summed E-state index contributed by atoms with van der Waals surface area (Å²) in [4.78, 5) is 23.3. The van der Waals surface area contributed by atoms with Crippen molar-refractivity contribution in [1.82, 2.24) is 0 Å². The number of thiophene rings is 1. The highest BCUT2D eigenvalue weighted by Gasteiger charge is 2.11. The molecule has 0 aliphatic rings. The quantitative estimate of drug-likeness (QED) is 0.908. The lowest BCUT2D eigenvalue weighted by atomic mass is 10.2. The second kappa shape index (κ2) is 5.86. The molecule has 1 heterocycles. The van der Waals surface area contributed by atoms with E-state index in [4.69, 9.17) is 11.6 Å². The van der Waals surface area contributed by atoms with E-state index in [0.717, 1.165) is 0 Å². The minimum absolute atomic E-state index is 0.137. The lowest BCUT2D eigenvalue weighted by molar-refractivity contribution is -0.114. The molecular weight excluding hydrogens is 284 g/mol. The van der Waals surface area contributed by atoms with Gasteiger partial charge in [-0.25, -0.2) is 0 Å². The highest BCUT2D eigenvalue weighted by Crippen LogP contribution is 2.23. The van der Waals surface area contributed by atoms with Crippen LogP contribution in [0, 0.1) is 0 Å². The Labute approximate surface area is 119 Å². The first-order valence-electron chi connectivity index (χ1n) is 5.48. The van der Waals surface area contributed by atoms with E-state index in [-0.39, 0.29) is 11.8 Å². The van der Waals surface area contributed by atoms with Crippen molar-refractivity contribution >= 4 is 46.1 Å². The molecule has 2 N–H and O–H groups in total. The number of hydrogen-bond acceptors (Lipinski definition) is 3. The predicted octanol–water partition coefficient (Wildman–Crippen LogP) is 3.61. The number of halogens is 1. The van der Waals surface area contributed by atoms with Gasteiger partial charge in [-0.15, -0.1) is 11.3 Å². The normalized spacial score (nSPS) is 10.0. The Kier molecular flexibility index (Phi) is 4.19. The first-order valence-corrected chi connectivity index (χ1v) is 6.74. The molecule has 98 valence electrons. The Hall–Kier alpha value is -1.85. The smallest absolute Gasteiger partial charge is 0.267 e. The molecule has 0 spiro atoms. The summed E-state index contributed by atoms with van der Waals surface area (Å²) < 4.78 is 0. The summed E-state index contributed by atoms with van der Waals surface area (Å²) in [7, 11) is 0. The molecule has 0 radical (unpaired) electrons. The fourth-order valence-corrected chi connectivity index (χ4v) is 2.52. The van der Waals surface area contributed by atoms with Crippen molar-refractivity contribution in [3.63, 3.8) is 0 Å². The zero-order chi connectivity index (χ0) is 13.8. The second-order valence-corrected chi connectivity index (χ2v) is 5.13. The third kappa shape index (κ3) is 3.56. The zero-order valence-electron chi connectivity index (χ0n) is 10.1. The summed E-state index contributed by atoms with van der Waals surface area (Å²) in [6, 6.07) is 8.54. The maximum absolute atomic E-state index is 11.9. The van der Waals surface area contributed by atoms with Crippen molar-refractivity contribution in [3.05, 3.63) is 45.6 Å². The van der Waals surface area contributed by atoms with E-state index < -0.39 is 0 Å². The number of carbonyl (C=O) groups excluding carboxylic acids is 2. The molecule has 2 amide bonds. The Morgan fingerprint density at radius 1 is 1.05 bits per heavy atom. The molecule has 1 aromatic heterocycles. The van der Waals surface area contributed by atoms with Crippen molar-refractivity contribution in [2.75, 3.05) is 10.6 Å². The predicted molar refractivity (Wildman–Crippen MR) is 78.0 cm³/mol. The van der Waals surface area contributed by atoms with Crippen molar-refractivity contribution in [3.8, 4) is 0 Å². The Bertz CT molecular complexity index is 607. The molecule has 0 aliphatic carbocycles. The first-order chi connectivity index (χ1) is 9.06. The first kappa shape index (κ1) is 13.6. The number of carbonyl (C=O) groups is 2. The maximum atomic E-state index is 11.9. The average molecular weight is 295 g/mol. The van der Waals surface area contributed by atoms with Gasteiger partial charge in [-0.05, 0) is 35.7 Å². The van der Waals surface area contributed by atoms with Crippen LogP contribution in [0.2, 0.25) is 5.02 Å². The van der Waals surface area contributed by atoms with E-state index in [1.54, 1.807) is 35.7 Å². The zero-order valence-corrected chi connectivity index (χ0v) is 11.6. The molecule has 0 atom stereocenters. The fraction of sp³-hybridized carbons (Fsp3) is 0.0769. The van der Waals surface area contributed by atoms with Gasteiger partial charge in [-0.3, -0.25) is 9.59 Å². The van der Waals surface area contributed by atoms with Crippen molar-refractivity contribution in [2.45, 2.75) is 6.92 Å². The van der Waals surface area contributed by atoms with Gasteiger partial charge in [0.05, 0.1) is 5.02 Å². The van der Waals surface area contributed by atoms with Crippen LogP contribution in [0.1, 0.15) is 16.6 Å². The Morgan fingerprint density at radius 2 is 1.63 bits per heavy atom. The van der Waals surface area contributed by atoms with Gasteiger partial charge in [0.1, 0.15) is 4.88 Å². The van der Waals surface area contributed by atoms with Gasteiger partial charge in [-0.1, -0.05) is 11.6 Å². The van der Waals surface area contributed by atoms with Crippen LogP contribution < -0.4 is 10.6 Å². The van der Waals surface area contributed by atoms with E-state index in [1.165, 1.54) is 18.3 Å². The highest BCUT2D eigenvalue weighted by atomic mass is 35.5. The summed E-state index contributed by atoms with van der Waals surface area (Å²) in [6.45, 7) is 1.44. The molecule has 0 saturated carbocycles. The van der Waals surface area contributed by atoms with E-state index in [1.807, 2.05) is 0 Å². The van der Waals surface area contributed by atoms with Gasteiger partial charge in [0.25, 0.3) is 5.91 Å². The van der Waals surface area contributed by atoms with Crippen molar-refractivity contribution in [2.24, 2.45) is 0 Å². The molecule has 0 unspecified atom stereocenters. The summed E-state index contributed by atoms with van der Waals surface area (Å²) in [5.74, 6) is -0.380. The Morgan fingerprint density at radius 3 is 2.11 bits per heavy atom. The molecular formula is C13H11ClN2O2S. The largest absolute Gasteiger partial charge is 0.326 e. The van der Waals surface area contributed by atoms with Gasteiger partial charge < -0.3 is 10.6 Å². The van der Waals surface area contributed by atoms with Crippen LogP contribution >= 0.6 is 22.9 Å². The third-order valence-electron chi connectivity index (χ3n) is 2.29. The number of rotatable bonds is 3. The SMILES string of the molecule is CC(=O)Nc1ccc(NC(=O)c2sccc2Cl)cc1. The molecule has 1 aromatic carbocycles. The van der Waals surface area contributed by atoms with E-state index in [0.29, 0.717) is 21.3 Å². The van der Waals surface area contributed by atoms with E-state index in [9.17, 15) is 9.59 Å². The van der Waals surface area contributed by atoms with Gasteiger partial charge in [0.15, 0.2) is 0 Å². The van der Waals surface area contributed by atoms with Gasteiger partial charge in [0, 0.05) is 18.3 Å². The highest BCUT2D eigenvalue weighted by molar-refractivity contribution is 7.12. The summed E-state index contributed by atoms with van der Waals surface area (Å²) >= 11 is 7.17. The van der Waals surface area contributed by atoms with E-state index >= 15 is 0 Å². The van der Waals surface area contributed by atoms with Crippen LogP contribution in [-0.2, 0) is 4.79 Å². The molecule has 2 rings (SSSR count). The minimum Gasteiger partial charge on any atom is -0.326 e. The van der Waals surface area contributed by atoms with Crippen LogP contribution in [0.25, 0.3) is 0 Å². The molecule has 19 heavy (non-hydrogen) atoms. The van der Waals surface area contributed by atoms with Crippen molar-refractivity contribution in [1.29, 1.82) is 0 Å². The van der Waals surface area contributed by atoms with Crippen molar-refractivity contribution < 1.29 is 9.59 Å². The lowest BCUT2D eigenvalue weighted by Crippen LogP contribution is -2.11. The molecule has 0 fully saturated rings. The molecule has 6 heteroatoms. The average Bonchev–Trinajstić information content (AvgIpc) is 2.77. The van der Waals surface area contributed by atoms with Gasteiger partial charge >= 0.3 is 0 Å². The van der Waals surface area contributed by atoms with Crippen LogP contribution in [0.15, 0.2) is 35.7 Å². The monoisotopic (exact) mass is 294 g/mol. The molecule has 2 aromatic rings. The topological polar surface area (TPSA) is 58.2 Å². The summed E-state index contributed by atoms with van der Waals surface area (Å²) in [5.41, 5.74) is 1.32. The fourth-order valence-electron chi connectivity index (χ4n) is 1.48. The molecule has 0 aliphatic heterocycles. The van der Waals surface area contributed by atoms with Crippen LogP contribution in [-0.4, -0.2) is 11.8 Å².